The second-order valence-electron chi connectivity index (χ2n) is 4.07. The Morgan fingerprint density at radius 2 is 1.89 bits per heavy atom. The number of aromatic hydroxyl groups is 1. The molecule has 2 rings (SSSR count). The van der Waals surface area contributed by atoms with Crippen LogP contribution in [-0.2, 0) is 0 Å². The lowest BCUT2D eigenvalue weighted by Crippen LogP contribution is -2.12. The van der Waals surface area contributed by atoms with Crippen molar-refractivity contribution in [3.8, 4) is 5.75 Å². The molecule has 92 valence electrons. The highest BCUT2D eigenvalue weighted by atomic mass is 31.1. The van der Waals surface area contributed by atoms with Gasteiger partial charge in [-0.2, -0.15) is 0 Å². The van der Waals surface area contributed by atoms with Gasteiger partial charge in [0.2, 0.25) is 0 Å². The molecule has 0 radical (unpaired) electrons. The molecule has 2 aromatic carbocycles. The van der Waals surface area contributed by atoms with Crippen LogP contribution in [0, 0.1) is 6.92 Å². The van der Waals surface area contributed by atoms with Gasteiger partial charge >= 0.3 is 0 Å². The smallest absolute Gasteiger partial charge is 0.123 e. The predicted molar refractivity (Wildman–Crippen MR) is 80.4 cm³/mol. The lowest BCUT2D eigenvalue weighted by Gasteiger charge is -2.10. The van der Waals surface area contributed by atoms with Gasteiger partial charge in [-0.1, -0.05) is 45.0 Å². The summed E-state index contributed by atoms with van der Waals surface area (Å²) < 4.78 is 0. The van der Waals surface area contributed by atoms with E-state index in [9.17, 15) is 5.11 Å². The van der Waals surface area contributed by atoms with Gasteiger partial charge in [-0.15, -0.1) is 0 Å². The van der Waals surface area contributed by atoms with Crippen LogP contribution in [0.3, 0.4) is 0 Å². The monoisotopic (exact) mass is 257 g/mol. The van der Waals surface area contributed by atoms with Gasteiger partial charge in [0, 0.05) is 24.1 Å². The van der Waals surface area contributed by atoms with E-state index in [1.165, 1.54) is 10.9 Å². The minimum Gasteiger partial charge on any atom is -0.507 e. The molecule has 0 aliphatic heterocycles. The molecular formula is C15H16NOP. The maximum atomic E-state index is 9.86. The summed E-state index contributed by atoms with van der Waals surface area (Å²) in [6, 6.07) is 13.7. The van der Waals surface area contributed by atoms with Gasteiger partial charge in [-0.3, -0.25) is 4.99 Å². The van der Waals surface area contributed by atoms with Crippen LogP contribution in [0.25, 0.3) is 0 Å². The molecule has 18 heavy (non-hydrogen) atoms. The van der Waals surface area contributed by atoms with Crippen molar-refractivity contribution in [1.82, 2.24) is 0 Å². The lowest BCUT2D eigenvalue weighted by atomic mass is 10.1. The summed E-state index contributed by atoms with van der Waals surface area (Å²) in [7, 11) is 2.21. The van der Waals surface area contributed by atoms with E-state index in [4.69, 9.17) is 0 Å². The summed E-state index contributed by atoms with van der Waals surface area (Å²) in [5, 5.41) is 12.1. The number of aryl methyl sites for hydroxylation is 1. The largest absolute Gasteiger partial charge is 0.507 e. The average Bonchev–Trinajstić information content (AvgIpc) is 2.36. The minimum atomic E-state index is 0.360. The first-order valence-electron chi connectivity index (χ1n) is 5.79. The Labute approximate surface area is 109 Å². The highest BCUT2D eigenvalue weighted by Gasteiger charge is 2.07. The average molecular weight is 257 g/mol. The topological polar surface area (TPSA) is 32.6 Å². The SMILES string of the molecule is CN=Cc1cccc(C)c1Pc1ccccc1O. The first-order valence-corrected chi connectivity index (χ1v) is 6.79. The predicted octanol–water partition coefficient (Wildman–Crippen LogP) is 2.38. The quantitative estimate of drug-likeness (QED) is 0.664. The number of hydrogen-bond donors (Lipinski definition) is 1. The summed E-state index contributed by atoms with van der Waals surface area (Å²) >= 11 is 0. The molecule has 2 nitrogen and oxygen atoms in total. The van der Waals surface area contributed by atoms with E-state index in [0.717, 1.165) is 10.9 Å². The molecule has 0 fully saturated rings. The lowest BCUT2D eigenvalue weighted by molar-refractivity contribution is 0.480. The van der Waals surface area contributed by atoms with Gasteiger partial charge in [0.1, 0.15) is 5.75 Å². The molecule has 0 bridgehead atoms. The van der Waals surface area contributed by atoms with Crippen LogP contribution in [0.2, 0.25) is 0 Å². The second-order valence-corrected chi connectivity index (χ2v) is 5.36. The highest BCUT2D eigenvalue weighted by Crippen LogP contribution is 2.21. The van der Waals surface area contributed by atoms with Gasteiger partial charge in [0.05, 0.1) is 0 Å². The van der Waals surface area contributed by atoms with Crippen molar-refractivity contribution in [2.24, 2.45) is 4.99 Å². The molecule has 0 aliphatic rings. The maximum Gasteiger partial charge on any atom is 0.123 e. The Kier molecular flexibility index (Phi) is 4.11. The van der Waals surface area contributed by atoms with E-state index < -0.39 is 0 Å². The fraction of sp³-hybridized carbons (Fsp3) is 0.133. The van der Waals surface area contributed by atoms with Crippen LogP contribution < -0.4 is 10.6 Å². The zero-order valence-electron chi connectivity index (χ0n) is 10.5. The Morgan fingerprint density at radius 3 is 2.61 bits per heavy atom. The molecule has 0 heterocycles. The van der Waals surface area contributed by atoms with Gasteiger partial charge < -0.3 is 5.11 Å². The van der Waals surface area contributed by atoms with E-state index >= 15 is 0 Å². The number of para-hydroxylation sites is 1. The van der Waals surface area contributed by atoms with E-state index in [0.29, 0.717) is 14.3 Å². The van der Waals surface area contributed by atoms with Crippen LogP contribution in [0.1, 0.15) is 11.1 Å². The summed E-state index contributed by atoms with van der Waals surface area (Å²) in [5.74, 6) is 0.360. The van der Waals surface area contributed by atoms with Crippen molar-refractivity contribution in [2.75, 3.05) is 7.05 Å². The van der Waals surface area contributed by atoms with E-state index in [-0.39, 0.29) is 0 Å². The van der Waals surface area contributed by atoms with Crippen LogP contribution in [0.4, 0.5) is 0 Å². The highest BCUT2D eigenvalue weighted by molar-refractivity contribution is 7.56. The van der Waals surface area contributed by atoms with Crippen LogP contribution >= 0.6 is 8.58 Å². The van der Waals surface area contributed by atoms with Crippen molar-refractivity contribution in [2.45, 2.75) is 6.92 Å². The normalized spacial score (nSPS) is 11.7. The van der Waals surface area contributed by atoms with Gasteiger partial charge in [0.25, 0.3) is 0 Å². The Bertz CT molecular complexity index is 578. The second kappa shape index (κ2) is 5.79. The fourth-order valence-electron chi connectivity index (χ4n) is 1.82. The van der Waals surface area contributed by atoms with Crippen molar-refractivity contribution in [3.05, 3.63) is 53.6 Å². The van der Waals surface area contributed by atoms with E-state index in [2.05, 4.69) is 24.0 Å². The summed E-state index contributed by atoms with van der Waals surface area (Å²) in [4.78, 5) is 4.09. The van der Waals surface area contributed by atoms with Crippen molar-refractivity contribution in [3.63, 3.8) is 0 Å². The maximum absolute atomic E-state index is 9.86. The molecule has 1 unspecified atom stereocenters. The van der Waals surface area contributed by atoms with Crippen LogP contribution in [-0.4, -0.2) is 18.4 Å². The van der Waals surface area contributed by atoms with Gasteiger partial charge in [-0.05, 0) is 23.9 Å². The number of hydrogen-bond acceptors (Lipinski definition) is 2. The van der Waals surface area contributed by atoms with Crippen molar-refractivity contribution < 1.29 is 5.11 Å². The standard InChI is InChI=1S/C15H16NOP/c1-11-6-5-7-12(10-16-2)15(11)18-14-9-4-3-8-13(14)17/h3-10,17-18H,1-2H3. The van der Waals surface area contributed by atoms with Gasteiger partial charge in [0.15, 0.2) is 0 Å². The first-order chi connectivity index (χ1) is 8.72. The van der Waals surface area contributed by atoms with Crippen molar-refractivity contribution in [1.29, 1.82) is 0 Å². The third-order valence-corrected chi connectivity index (χ3v) is 4.36. The van der Waals surface area contributed by atoms with E-state index in [1.54, 1.807) is 13.1 Å². The molecule has 3 heteroatoms. The molecular weight excluding hydrogens is 241 g/mol. The molecule has 0 amide bonds. The molecule has 0 aliphatic carbocycles. The third kappa shape index (κ3) is 2.77. The molecule has 1 N–H and O–H groups in total. The van der Waals surface area contributed by atoms with Crippen LogP contribution in [0.15, 0.2) is 47.5 Å². The zero-order chi connectivity index (χ0) is 13.0. The number of benzene rings is 2. The minimum absolute atomic E-state index is 0.360. The van der Waals surface area contributed by atoms with E-state index in [1.807, 2.05) is 30.5 Å². The number of phenols is 1. The Balaban J connectivity index is 2.43. The van der Waals surface area contributed by atoms with Crippen molar-refractivity contribution >= 4 is 25.4 Å². The zero-order valence-corrected chi connectivity index (χ0v) is 11.5. The number of phenolic OH excluding ortho intramolecular Hbond substituents is 1. The molecule has 0 aromatic heterocycles. The first kappa shape index (κ1) is 12.8. The summed E-state index contributed by atoms with van der Waals surface area (Å²) in [6.07, 6.45) is 1.87. The molecule has 1 atom stereocenters. The molecule has 2 aromatic rings. The summed E-state index contributed by atoms with van der Waals surface area (Å²) in [6.45, 7) is 2.09. The summed E-state index contributed by atoms with van der Waals surface area (Å²) in [5.41, 5.74) is 2.35. The molecule has 0 saturated heterocycles. The third-order valence-electron chi connectivity index (χ3n) is 2.74. The van der Waals surface area contributed by atoms with Crippen LogP contribution in [0.5, 0.6) is 5.75 Å². The number of aliphatic imine (C=N–C) groups is 1. The Morgan fingerprint density at radius 1 is 1.11 bits per heavy atom. The number of nitrogens with zero attached hydrogens (tertiary/aromatic N) is 1. The molecule has 0 saturated carbocycles. The Hall–Kier alpha value is -1.66. The number of rotatable bonds is 3. The van der Waals surface area contributed by atoms with Gasteiger partial charge in [-0.25, -0.2) is 0 Å². The molecule has 0 spiro atoms. The fourth-order valence-corrected chi connectivity index (χ4v) is 3.05.